The van der Waals surface area contributed by atoms with Gasteiger partial charge in [-0.2, -0.15) is 0 Å². The number of nitrogens with one attached hydrogen (secondary N) is 1. The molecule has 0 unspecified atom stereocenters. The van der Waals surface area contributed by atoms with Crippen LogP contribution in [-0.2, 0) is 11.3 Å². The Hall–Kier alpha value is -0.230. The molecule has 90 valence electrons. The van der Waals surface area contributed by atoms with Crippen LogP contribution < -0.4 is 0 Å². The number of nitrogens with zero attached hydrogens (tertiary/aromatic N) is 1. The summed E-state index contributed by atoms with van der Waals surface area (Å²) < 4.78 is 9.66. The predicted octanol–water partition coefficient (Wildman–Crippen LogP) is 2.81. The van der Waals surface area contributed by atoms with Crippen molar-refractivity contribution in [3.8, 4) is 0 Å². The third kappa shape index (κ3) is 3.97. The Bertz CT molecular complexity index is 355. The first-order chi connectivity index (χ1) is 7.84. The summed E-state index contributed by atoms with van der Waals surface area (Å²) in [6.07, 6.45) is 4.08. The molecule has 0 radical (unpaired) electrons. The zero-order valence-corrected chi connectivity index (χ0v) is 11.0. The summed E-state index contributed by atoms with van der Waals surface area (Å²) in [5, 5.41) is 0. The van der Waals surface area contributed by atoms with Crippen molar-refractivity contribution in [1.29, 1.82) is 0 Å². The number of piperidine rings is 1. The van der Waals surface area contributed by atoms with Crippen LogP contribution in [0.2, 0.25) is 0 Å². The van der Waals surface area contributed by atoms with Gasteiger partial charge in [-0.3, -0.25) is 0 Å². The van der Waals surface area contributed by atoms with E-state index in [0.29, 0.717) is 6.61 Å². The molecule has 2 heterocycles. The summed E-state index contributed by atoms with van der Waals surface area (Å²) in [6.45, 7) is 5.01. The molecule has 1 N–H and O–H groups in total. The number of likely N-dealkylation sites (tertiary alicyclic amines) is 1. The second kappa shape index (κ2) is 6.49. The van der Waals surface area contributed by atoms with E-state index in [-0.39, 0.29) is 0 Å². The van der Waals surface area contributed by atoms with Crippen LogP contribution in [0.3, 0.4) is 0 Å². The first-order valence-corrected chi connectivity index (χ1v) is 7.04. The fraction of sp³-hybridized carbons (Fsp3) is 0.727. The maximum atomic E-state index is 5.62. The lowest BCUT2D eigenvalue weighted by Crippen LogP contribution is -2.32. The Morgan fingerprint density at radius 2 is 2.19 bits per heavy atom. The number of ether oxygens (including phenoxy) is 1. The van der Waals surface area contributed by atoms with E-state index >= 15 is 0 Å². The number of hydrogen-bond acceptors (Lipinski definition) is 4. The summed E-state index contributed by atoms with van der Waals surface area (Å²) in [4.78, 5) is 2.49. The number of hydrogen-bond donors (Lipinski definition) is 1. The van der Waals surface area contributed by atoms with Crippen LogP contribution in [0.25, 0.3) is 0 Å². The van der Waals surface area contributed by atoms with E-state index in [1.54, 1.807) is 0 Å². The standard InChI is InChI=1S/C11H18N2OS2/c15-11-8-10(12-16-11)9-14-7-6-13-4-2-1-3-5-13/h8,12H,1-7,9H2. The van der Waals surface area contributed by atoms with E-state index in [4.69, 9.17) is 17.0 Å². The van der Waals surface area contributed by atoms with Crippen molar-refractivity contribution < 1.29 is 4.74 Å². The smallest absolute Gasteiger partial charge is 0.109 e. The average Bonchev–Trinajstić information content (AvgIpc) is 2.72. The van der Waals surface area contributed by atoms with Gasteiger partial charge >= 0.3 is 0 Å². The molecule has 5 heteroatoms. The largest absolute Gasteiger partial charge is 0.374 e. The van der Waals surface area contributed by atoms with Gasteiger partial charge in [-0.1, -0.05) is 30.2 Å². The van der Waals surface area contributed by atoms with Crippen molar-refractivity contribution in [3.05, 3.63) is 15.6 Å². The highest BCUT2D eigenvalue weighted by molar-refractivity contribution is 7.73. The quantitative estimate of drug-likeness (QED) is 0.650. The highest BCUT2D eigenvalue weighted by Gasteiger charge is 2.08. The van der Waals surface area contributed by atoms with Crippen LogP contribution in [0.15, 0.2) is 6.07 Å². The fourth-order valence-corrected chi connectivity index (χ4v) is 2.76. The van der Waals surface area contributed by atoms with E-state index in [1.807, 2.05) is 6.07 Å². The van der Waals surface area contributed by atoms with E-state index in [2.05, 4.69) is 9.27 Å². The Balaban J connectivity index is 1.59. The average molecular weight is 258 g/mol. The molecule has 16 heavy (non-hydrogen) atoms. The van der Waals surface area contributed by atoms with Crippen molar-refractivity contribution in [2.45, 2.75) is 25.9 Å². The summed E-state index contributed by atoms with van der Waals surface area (Å²) in [6, 6.07) is 1.97. The predicted molar refractivity (Wildman–Crippen MR) is 69.5 cm³/mol. The molecule has 0 bridgehead atoms. The molecule has 1 aromatic rings. The molecular formula is C11H18N2OS2. The first-order valence-electron chi connectivity index (χ1n) is 5.82. The van der Waals surface area contributed by atoms with Gasteiger partial charge in [0.2, 0.25) is 0 Å². The van der Waals surface area contributed by atoms with Crippen LogP contribution in [0.1, 0.15) is 25.0 Å². The van der Waals surface area contributed by atoms with Gasteiger partial charge in [-0.15, -0.1) is 0 Å². The highest BCUT2D eigenvalue weighted by Crippen LogP contribution is 2.08. The third-order valence-corrected chi connectivity index (χ3v) is 3.88. The molecule has 2 rings (SSSR count). The van der Waals surface area contributed by atoms with Crippen LogP contribution in [-0.4, -0.2) is 35.5 Å². The van der Waals surface area contributed by atoms with Gasteiger partial charge < -0.3 is 14.0 Å². The zero-order valence-electron chi connectivity index (χ0n) is 9.41. The monoisotopic (exact) mass is 258 g/mol. The topological polar surface area (TPSA) is 28.3 Å². The minimum absolute atomic E-state index is 0.654. The van der Waals surface area contributed by atoms with Gasteiger partial charge in [-0.05, 0) is 32.0 Å². The summed E-state index contributed by atoms with van der Waals surface area (Å²) >= 11 is 6.53. The van der Waals surface area contributed by atoms with Crippen molar-refractivity contribution >= 4 is 23.8 Å². The molecule has 3 nitrogen and oxygen atoms in total. The number of aromatic nitrogens is 1. The Kier molecular flexibility index (Phi) is 4.96. The van der Waals surface area contributed by atoms with E-state index in [9.17, 15) is 0 Å². The van der Waals surface area contributed by atoms with Gasteiger partial charge in [0.25, 0.3) is 0 Å². The Labute approximate surface area is 106 Å². The molecule has 1 fully saturated rings. The Morgan fingerprint density at radius 3 is 2.88 bits per heavy atom. The van der Waals surface area contributed by atoms with E-state index < -0.39 is 0 Å². The molecule has 0 atom stereocenters. The minimum Gasteiger partial charge on any atom is -0.374 e. The zero-order chi connectivity index (χ0) is 11.2. The van der Waals surface area contributed by atoms with Crippen LogP contribution >= 0.6 is 23.8 Å². The van der Waals surface area contributed by atoms with Crippen molar-refractivity contribution in [2.75, 3.05) is 26.2 Å². The summed E-state index contributed by atoms with van der Waals surface area (Å²) in [5.41, 5.74) is 1.09. The lowest BCUT2D eigenvalue weighted by Gasteiger charge is -2.25. The number of rotatable bonds is 5. The maximum Gasteiger partial charge on any atom is 0.109 e. The van der Waals surface area contributed by atoms with Crippen LogP contribution in [0.4, 0.5) is 0 Å². The first kappa shape index (κ1) is 12.2. The second-order valence-electron chi connectivity index (χ2n) is 4.15. The maximum absolute atomic E-state index is 5.62. The second-order valence-corrected chi connectivity index (χ2v) is 5.69. The molecule has 1 saturated heterocycles. The molecule has 0 aromatic carbocycles. The molecule has 0 spiro atoms. The van der Waals surface area contributed by atoms with Gasteiger partial charge in [0.15, 0.2) is 0 Å². The normalized spacial score (nSPS) is 17.8. The molecule has 1 aliphatic heterocycles. The molecular weight excluding hydrogens is 240 g/mol. The Morgan fingerprint density at radius 1 is 1.38 bits per heavy atom. The minimum atomic E-state index is 0.654. The van der Waals surface area contributed by atoms with E-state index in [0.717, 1.165) is 22.7 Å². The fourth-order valence-electron chi connectivity index (χ4n) is 1.95. The third-order valence-electron chi connectivity index (χ3n) is 2.83. The van der Waals surface area contributed by atoms with Gasteiger partial charge in [-0.25, -0.2) is 0 Å². The number of aromatic amines is 1. The van der Waals surface area contributed by atoms with Gasteiger partial charge in [0.05, 0.1) is 18.9 Å². The molecule has 0 saturated carbocycles. The lowest BCUT2D eigenvalue weighted by molar-refractivity contribution is 0.0849. The SMILES string of the molecule is S=c1cc(COCCN2CCCCC2)[nH]s1. The number of H-pyrrole nitrogens is 1. The lowest BCUT2D eigenvalue weighted by atomic mass is 10.1. The van der Waals surface area contributed by atoms with E-state index in [1.165, 1.54) is 43.9 Å². The van der Waals surface area contributed by atoms with Gasteiger partial charge in [0.1, 0.15) is 3.82 Å². The van der Waals surface area contributed by atoms with Crippen LogP contribution in [0, 0.1) is 3.82 Å². The summed E-state index contributed by atoms with van der Waals surface area (Å²) in [5.74, 6) is 0. The molecule has 1 aliphatic rings. The van der Waals surface area contributed by atoms with Crippen LogP contribution in [0.5, 0.6) is 0 Å². The molecule has 1 aromatic heterocycles. The molecule has 0 amide bonds. The summed E-state index contributed by atoms with van der Waals surface area (Å²) in [7, 11) is 0. The highest BCUT2D eigenvalue weighted by atomic mass is 32.2. The van der Waals surface area contributed by atoms with Crippen molar-refractivity contribution in [3.63, 3.8) is 0 Å². The van der Waals surface area contributed by atoms with Crippen molar-refractivity contribution in [2.24, 2.45) is 0 Å². The molecule has 0 aliphatic carbocycles. The van der Waals surface area contributed by atoms with Crippen molar-refractivity contribution in [1.82, 2.24) is 9.27 Å². The van der Waals surface area contributed by atoms with Gasteiger partial charge in [0, 0.05) is 6.54 Å².